The minimum absolute atomic E-state index is 0.782. The lowest BCUT2D eigenvalue weighted by Crippen LogP contribution is -2.30. The zero-order valence-corrected chi connectivity index (χ0v) is 12.5. The lowest BCUT2D eigenvalue weighted by atomic mass is 10.1. The van der Waals surface area contributed by atoms with Crippen LogP contribution in [0.3, 0.4) is 0 Å². The van der Waals surface area contributed by atoms with Gasteiger partial charge in [-0.25, -0.2) is 4.98 Å². The van der Waals surface area contributed by atoms with Crippen molar-refractivity contribution in [2.75, 3.05) is 23.3 Å². The summed E-state index contributed by atoms with van der Waals surface area (Å²) in [6.45, 7) is 5.16. The second kappa shape index (κ2) is 6.57. The maximum absolute atomic E-state index is 4.58. The van der Waals surface area contributed by atoms with Gasteiger partial charge in [0.15, 0.2) is 0 Å². The van der Waals surface area contributed by atoms with Crippen molar-refractivity contribution in [1.82, 2.24) is 9.97 Å². The first-order valence-electron chi connectivity index (χ1n) is 7.67. The number of nitrogens with one attached hydrogen (secondary N) is 1. The van der Waals surface area contributed by atoms with E-state index >= 15 is 0 Å². The van der Waals surface area contributed by atoms with Crippen molar-refractivity contribution in [3.05, 3.63) is 47.9 Å². The summed E-state index contributed by atoms with van der Waals surface area (Å²) in [5, 5.41) is 3.41. The molecular weight excluding hydrogens is 260 g/mol. The molecule has 110 valence electrons. The Kier molecular flexibility index (Phi) is 4.34. The van der Waals surface area contributed by atoms with Crippen molar-refractivity contribution >= 4 is 11.5 Å². The number of nitrogens with zero attached hydrogens (tertiary/aromatic N) is 3. The maximum atomic E-state index is 4.58. The quantitative estimate of drug-likeness (QED) is 0.933. The third kappa shape index (κ3) is 3.51. The van der Waals surface area contributed by atoms with Crippen LogP contribution < -0.4 is 10.2 Å². The van der Waals surface area contributed by atoms with E-state index in [2.05, 4.69) is 39.2 Å². The van der Waals surface area contributed by atoms with Crippen molar-refractivity contribution in [2.24, 2.45) is 0 Å². The van der Waals surface area contributed by atoms with Crippen LogP contribution in [0, 0.1) is 6.92 Å². The molecule has 1 fully saturated rings. The molecule has 0 saturated carbocycles. The Morgan fingerprint density at radius 1 is 1.10 bits per heavy atom. The SMILES string of the molecule is Cc1ccncc1CNc1ccc(N2CCCCC2)nc1. The van der Waals surface area contributed by atoms with E-state index in [4.69, 9.17) is 0 Å². The van der Waals surface area contributed by atoms with E-state index in [1.54, 1.807) is 0 Å². The van der Waals surface area contributed by atoms with Crippen molar-refractivity contribution < 1.29 is 0 Å². The van der Waals surface area contributed by atoms with Gasteiger partial charge in [-0.3, -0.25) is 4.98 Å². The molecule has 2 aromatic rings. The average molecular weight is 282 g/mol. The number of rotatable bonds is 4. The van der Waals surface area contributed by atoms with E-state index in [0.29, 0.717) is 0 Å². The fourth-order valence-corrected chi connectivity index (χ4v) is 2.68. The summed E-state index contributed by atoms with van der Waals surface area (Å²) in [6.07, 6.45) is 9.58. The zero-order chi connectivity index (χ0) is 14.5. The minimum Gasteiger partial charge on any atom is -0.380 e. The predicted molar refractivity (Wildman–Crippen MR) is 86.6 cm³/mol. The molecule has 4 heteroatoms. The van der Waals surface area contributed by atoms with Crippen molar-refractivity contribution in [2.45, 2.75) is 32.7 Å². The van der Waals surface area contributed by atoms with Gasteiger partial charge in [-0.2, -0.15) is 0 Å². The molecule has 0 spiro atoms. The van der Waals surface area contributed by atoms with Crippen LogP contribution in [0.4, 0.5) is 11.5 Å². The van der Waals surface area contributed by atoms with Crippen LogP contribution in [0.2, 0.25) is 0 Å². The van der Waals surface area contributed by atoms with E-state index < -0.39 is 0 Å². The monoisotopic (exact) mass is 282 g/mol. The Bertz CT molecular complexity index is 574. The summed E-state index contributed by atoms with van der Waals surface area (Å²) in [5.74, 6) is 1.10. The van der Waals surface area contributed by atoms with Gasteiger partial charge in [0.25, 0.3) is 0 Å². The molecule has 3 rings (SSSR count). The van der Waals surface area contributed by atoms with Gasteiger partial charge in [0, 0.05) is 32.0 Å². The number of hydrogen-bond donors (Lipinski definition) is 1. The maximum Gasteiger partial charge on any atom is 0.128 e. The molecule has 0 amide bonds. The lowest BCUT2D eigenvalue weighted by Gasteiger charge is -2.27. The van der Waals surface area contributed by atoms with E-state index in [1.807, 2.05) is 24.7 Å². The summed E-state index contributed by atoms with van der Waals surface area (Å²) < 4.78 is 0. The highest BCUT2D eigenvalue weighted by Gasteiger charge is 2.11. The summed E-state index contributed by atoms with van der Waals surface area (Å²) in [5.41, 5.74) is 3.53. The highest BCUT2D eigenvalue weighted by Crippen LogP contribution is 2.19. The molecule has 0 bridgehead atoms. The summed E-state index contributed by atoms with van der Waals surface area (Å²) in [4.78, 5) is 11.1. The average Bonchev–Trinajstić information content (AvgIpc) is 2.55. The largest absolute Gasteiger partial charge is 0.380 e. The highest BCUT2D eigenvalue weighted by molar-refractivity contribution is 5.49. The van der Waals surface area contributed by atoms with Crippen molar-refractivity contribution in [1.29, 1.82) is 0 Å². The van der Waals surface area contributed by atoms with E-state index in [0.717, 1.165) is 31.1 Å². The van der Waals surface area contributed by atoms with Crippen LogP contribution in [0.25, 0.3) is 0 Å². The Morgan fingerprint density at radius 2 is 1.95 bits per heavy atom. The molecule has 2 aromatic heterocycles. The lowest BCUT2D eigenvalue weighted by molar-refractivity contribution is 0.573. The fourth-order valence-electron chi connectivity index (χ4n) is 2.68. The van der Waals surface area contributed by atoms with E-state index in [1.165, 1.54) is 30.4 Å². The molecule has 0 aliphatic carbocycles. The summed E-state index contributed by atoms with van der Waals surface area (Å²) in [7, 11) is 0. The van der Waals surface area contributed by atoms with Gasteiger partial charge in [-0.05, 0) is 55.5 Å². The van der Waals surface area contributed by atoms with Crippen LogP contribution in [0.1, 0.15) is 30.4 Å². The number of aromatic nitrogens is 2. The van der Waals surface area contributed by atoms with Crippen LogP contribution in [0.5, 0.6) is 0 Å². The van der Waals surface area contributed by atoms with Crippen molar-refractivity contribution in [3.63, 3.8) is 0 Å². The van der Waals surface area contributed by atoms with Gasteiger partial charge in [0.05, 0.1) is 11.9 Å². The molecule has 0 atom stereocenters. The second-order valence-corrected chi connectivity index (χ2v) is 5.61. The zero-order valence-electron chi connectivity index (χ0n) is 12.5. The number of piperidine rings is 1. The summed E-state index contributed by atoms with van der Waals surface area (Å²) in [6, 6.07) is 6.26. The van der Waals surface area contributed by atoms with Crippen LogP contribution in [-0.2, 0) is 6.54 Å². The van der Waals surface area contributed by atoms with E-state index in [-0.39, 0.29) is 0 Å². The molecular formula is C17H22N4. The second-order valence-electron chi connectivity index (χ2n) is 5.61. The Morgan fingerprint density at radius 3 is 2.67 bits per heavy atom. The standard InChI is InChI=1S/C17H22N4/c1-14-7-8-18-11-15(14)12-19-16-5-6-17(20-13-16)21-9-3-2-4-10-21/h5-8,11,13,19H,2-4,9-10,12H2,1H3. The molecule has 0 aromatic carbocycles. The molecule has 0 radical (unpaired) electrons. The highest BCUT2D eigenvalue weighted by atomic mass is 15.2. The molecule has 1 aliphatic heterocycles. The van der Waals surface area contributed by atoms with Crippen LogP contribution >= 0.6 is 0 Å². The first-order chi connectivity index (χ1) is 10.3. The number of aryl methyl sites for hydroxylation is 1. The number of anilines is 2. The third-order valence-corrected chi connectivity index (χ3v) is 4.06. The molecule has 0 unspecified atom stereocenters. The van der Waals surface area contributed by atoms with Gasteiger partial charge in [-0.15, -0.1) is 0 Å². The minimum atomic E-state index is 0.782. The van der Waals surface area contributed by atoms with Gasteiger partial charge in [0.2, 0.25) is 0 Å². The van der Waals surface area contributed by atoms with Gasteiger partial charge in [0.1, 0.15) is 5.82 Å². The van der Waals surface area contributed by atoms with Crippen LogP contribution in [0.15, 0.2) is 36.8 Å². The first-order valence-corrected chi connectivity index (χ1v) is 7.67. The van der Waals surface area contributed by atoms with E-state index in [9.17, 15) is 0 Å². The normalized spacial score (nSPS) is 15.0. The Hall–Kier alpha value is -2.10. The molecule has 1 aliphatic rings. The van der Waals surface area contributed by atoms with Crippen LogP contribution in [-0.4, -0.2) is 23.1 Å². The first kappa shape index (κ1) is 13.9. The molecule has 3 heterocycles. The van der Waals surface area contributed by atoms with Crippen molar-refractivity contribution in [3.8, 4) is 0 Å². The Labute approximate surface area is 126 Å². The van der Waals surface area contributed by atoms with Gasteiger partial charge >= 0.3 is 0 Å². The predicted octanol–water partition coefficient (Wildman–Crippen LogP) is 3.39. The molecule has 1 N–H and O–H groups in total. The number of hydrogen-bond acceptors (Lipinski definition) is 4. The molecule has 21 heavy (non-hydrogen) atoms. The fraction of sp³-hybridized carbons (Fsp3) is 0.412. The smallest absolute Gasteiger partial charge is 0.128 e. The molecule has 4 nitrogen and oxygen atoms in total. The molecule has 1 saturated heterocycles. The topological polar surface area (TPSA) is 41.1 Å². The summed E-state index contributed by atoms with van der Waals surface area (Å²) >= 11 is 0. The van der Waals surface area contributed by atoms with Gasteiger partial charge in [-0.1, -0.05) is 0 Å². The third-order valence-electron chi connectivity index (χ3n) is 4.06. The Balaban J connectivity index is 1.60. The van der Waals surface area contributed by atoms with Gasteiger partial charge < -0.3 is 10.2 Å². The number of pyridine rings is 2.